The van der Waals surface area contributed by atoms with Crippen molar-refractivity contribution in [2.45, 2.75) is 11.8 Å². The van der Waals surface area contributed by atoms with Gasteiger partial charge in [0.25, 0.3) is 0 Å². The number of sulfonamides is 1. The highest BCUT2D eigenvalue weighted by Gasteiger charge is 2.30. The van der Waals surface area contributed by atoms with Crippen LogP contribution in [-0.4, -0.2) is 48.9 Å². The number of aromatic nitrogens is 2. The minimum Gasteiger partial charge on any atom is -0.354 e. The summed E-state index contributed by atoms with van der Waals surface area (Å²) in [6, 6.07) is 16.8. The minimum absolute atomic E-state index is 0.270. The zero-order valence-corrected chi connectivity index (χ0v) is 17.6. The maximum Gasteiger partial charge on any atom is 0.243 e. The predicted octanol–water partition coefficient (Wildman–Crippen LogP) is 3.62. The quantitative estimate of drug-likeness (QED) is 0.635. The van der Waals surface area contributed by atoms with Gasteiger partial charge in [-0.1, -0.05) is 48.0 Å². The highest BCUT2D eigenvalue weighted by Crippen LogP contribution is 2.26. The first-order valence-corrected chi connectivity index (χ1v) is 11.2. The van der Waals surface area contributed by atoms with Gasteiger partial charge in [0.2, 0.25) is 10.0 Å². The Balaban J connectivity index is 1.51. The molecule has 0 amide bonds. The van der Waals surface area contributed by atoms with Crippen LogP contribution >= 0.6 is 11.6 Å². The van der Waals surface area contributed by atoms with Crippen molar-refractivity contribution in [3.8, 4) is 11.3 Å². The second-order valence-electron chi connectivity index (χ2n) is 6.93. The van der Waals surface area contributed by atoms with Crippen molar-refractivity contribution in [1.29, 1.82) is 0 Å². The smallest absolute Gasteiger partial charge is 0.243 e. The van der Waals surface area contributed by atoms with Crippen LogP contribution in [0.4, 0.5) is 5.82 Å². The summed E-state index contributed by atoms with van der Waals surface area (Å²) in [6.45, 7) is 3.68. The lowest BCUT2D eigenvalue weighted by Gasteiger charge is -2.35. The molecule has 1 aliphatic rings. The monoisotopic (exact) mass is 428 g/mol. The lowest BCUT2D eigenvalue weighted by Crippen LogP contribution is -2.49. The number of benzene rings is 2. The summed E-state index contributed by atoms with van der Waals surface area (Å²) >= 11 is 6.02. The van der Waals surface area contributed by atoms with Crippen LogP contribution in [0.3, 0.4) is 0 Å². The van der Waals surface area contributed by atoms with Gasteiger partial charge in [0, 0.05) is 42.8 Å². The van der Waals surface area contributed by atoms with Gasteiger partial charge in [-0.15, -0.1) is 0 Å². The zero-order valence-electron chi connectivity index (χ0n) is 16.0. The van der Waals surface area contributed by atoms with Crippen LogP contribution in [0.15, 0.2) is 65.8 Å². The third-order valence-electron chi connectivity index (χ3n) is 5.05. The van der Waals surface area contributed by atoms with Crippen LogP contribution < -0.4 is 4.90 Å². The molecular weight excluding hydrogens is 408 g/mol. The van der Waals surface area contributed by atoms with E-state index in [0.29, 0.717) is 36.8 Å². The van der Waals surface area contributed by atoms with Crippen molar-refractivity contribution in [3.63, 3.8) is 0 Å². The van der Waals surface area contributed by atoms with E-state index in [9.17, 15) is 8.42 Å². The molecule has 0 aliphatic carbocycles. The molecule has 0 saturated carbocycles. The van der Waals surface area contributed by atoms with E-state index < -0.39 is 10.0 Å². The summed E-state index contributed by atoms with van der Waals surface area (Å²) in [7, 11) is -3.58. The van der Waals surface area contributed by atoms with E-state index in [0.717, 1.165) is 17.1 Å². The molecule has 150 valence electrons. The number of anilines is 1. The topological polar surface area (TPSA) is 66.4 Å². The van der Waals surface area contributed by atoms with E-state index in [4.69, 9.17) is 11.6 Å². The van der Waals surface area contributed by atoms with E-state index in [1.165, 1.54) is 10.4 Å². The Labute approximate surface area is 175 Å². The Morgan fingerprint density at radius 2 is 1.66 bits per heavy atom. The molecule has 2 aromatic carbocycles. The van der Waals surface area contributed by atoms with Crippen molar-refractivity contribution in [2.24, 2.45) is 0 Å². The number of hydrogen-bond donors (Lipinski definition) is 0. The summed E-state index contributed by atoms with van der Waals surface area (Å²) in [5, 5.41) is 0.419. The molecule has 0 radical (unpaired) electrons. The lowest BCUT2D eigenvalue weighted by atomic mass is 10.1. The fourth-order valence-electron chi connectivity index (χ4n) is 3.44. The molecule has 3 aromatic rings. The van der Waals surface area contributed by atoms with Crippen molar-refractivity contribution < 1.29 is 8.42 Å². The average molecular weight is 429 g/mol. The van der Waals surface area contributed by atoms with E-state index >= 15 is 0 Å². The van der Waals surface area contributed by atoms with Gasteiger partial charge in [-0.25, -0.2) is 18.4 Å². The molecule has 1 fully saturated rings. The van der Waals surface area contributed by atoms with Gasteiger partial charge in [-0.3, -0.25) is 0 Å². The van der Waals surface area contributed by atoms with Crippen LogP contribution in [0.2, 0.25) is 5.02 Å². The van der Waals surface area contributed by atoms with Gasteiger partial charge in [0.15, 0.2) is 0 Å². The second-order valence-corrected chi connectivity index (χ2v) is 9.27. The van der Waals surface area contributed by atoms with Crippen molar-refractivity contribution >= 4 is 27.4 Å². The molecule has 0 unspecified atom stereocenters. The van der Waals surface area contributed by atoms with E-state index in [1.54, 1.807) is 25.4 Å². The third-order valence-corrected chi connectivity index (χ3v) is 7.33. The Morgan fingerprint density at radius 1 is 0.931 bits per heavy atom. The number of halogens is 1. The molecule has 1 saturated heterocycles. The second kappa shape index (κ2) is 8.10. The maximum absolute atomic E-state index is 13.1. The molecule has 8 heteroatoms. The van der Waals surface area contributed by atoms with Gasteiger partial charge in [-0.05, 0) is 24.6 Å². The van der Waals surface area contributed by atoms with Crippen molar-refractivity contribution in [3.05, 3.63) is 71.5 Å². The maximum atomic E-state index is 13.1. The Bertz CT molecular complexity index is 1110. The van der Waals surface area contributed by atoms with Gasteiger partial charge in [0.05, 0.1) is 10.6 Å². The number of aryl methyl sites for hydroxylation is 1. The SMILES string of the molecule is Cc1ccc(Cl)cc1S(=O)(=O)N1CCN(c2cc(-c3ccccc3)ncn2)CC1. The Morgan fingerprint density at radius 3 is 2.38 bits per heavy atom. The number of nitrogens with zero attached hydrogens (tertiary/aromatic N) is 4. The van der Waals surface area contributed by atoms with Crippen LogP contribution in [-0.2, 0) is 10.0 Å². The summed E-state index contributed by atoms with van der Waals surface area (Å²) in [5.41, 5.74) is 2.56. The standard InChI is InChI=1S/C21H21ClN4O2S/c1-16-7-8-18(22)13-20(16)29(27,28)26-11-9-25(10-12-26)21-14-19(23-15-24-21)17-5-3-2-4-6-17/h2-8,13-15H,9-12H2,1H3. The first-order chi connectivity index (χ1) is 13.9. The Kier molecular flexibility index (Phi) is 5.54. The normalized spacial score (nSPS) is 15.4. The van der Waals surface area contributed by atoms with Gasteiger partial charge >= 0.3 is 0 Å². The fraction of sp³-hybridized carbons (Fsp3) is 0.238. The first-order valence-electron chi connectivity index (χ1n) is 9.34. The fourth-order valence-corrected chi connectivity index (χ4v) is 5.35. The summed E-state index contributed by atoms with van der Waals surface area (Å²) in [6.07, 6.45) is 1.55. The molecule has 0 bridgehead atoms. The molecule has 2 heterocycles. The van der Waals surface area contributed by atoms with Gasteiger partial charge in [0.1, 0.15) is 12.1 Å². The number of piperazine rings is 1. The first kappa shape index (κ1) is 19.8. The molecule has 1 aromatic heterocycles. The van der Waals surface area contributed by atoms with E-state index in [-0.39, 0.29) is 4.90 Å². The van der Waals surface area contributed by atoms with Crippen LogP contribution in [0.25, 0.3) is 11.3 Å². The van der Waals surface area contributed by atoms with Gasteiger partial charge in [-0.2, -0.15) is 4.31 Å². The summed E-state index contributed by atoms with van der Waals surface area (Å²) in [4.78, 5) is 11.1. The van der Waals surface area contributed by atoms with Crippen LogP contribution in [0.5, 0.6) is 0 Å². The summed E-state index contributed by atoms with van der Waals surface area (Å²) < 4.78 is 27.6. The molecule has 29 heavy (non-hydrogen) atoms. The molecule has 0 N–H and O–H groups in total. The van der Waals surface area contributed by atoms with E-state index in [1.807, 2.05) is 36.4 Å². The summed E-state index contributed by atoms with van der Waals surface area (Å²) in [5.74, 6) is 0.801. The highest BCUT2D eigenvalue weighted by atomic mass is 35.5. The minimum atomic E-state index is -3.58. The lowest BCUT2D eigenvalue weighted by molar-refractivity contribution is 0.383. The molecule has 0 atom stereocenters. The molecule has 6 nitrogen and oxygen atoms in total. The van der Waals surface area contributed by atoms with Crippen molar-refractivity contribution in [1.82, 2.24) is 14.3 Å². The largest absolute Gasteiger partial charge is 0.354 e. The molecular formula is C21H21ClN4O2S. The Hall–Kier alpha value is -2.48. The molecule has 0 spiro atoms. The zero-order chi connectivity index (χ0) is 20.4. The highest BCUT2D eigenvalue weighted by molar-refractivity contribution is 7.89. The van der Waals surface area contributed by atoms with Crippen LogP contribution in [0, 0.1) is 6.92 Å². The number of rotatable bonds is 4. The molecule has 1 aliphatic heterocycles. The van der Waals surface area contributed by atoms with Crippen LogP contribution in [0.1, 0.15) is 5.56 Å². The van der Waals surface area contributed by atoms with Crippen molar-refractivity contribution in [2.75, 3.05) is 31.1 Å². The van der Waals surface area contributed by atoms with E-state index in [2.05, 4.69) is 14.9 Å². The van der Waals surface area contributed by atoms with Gasteiger partial charge < -0.3 is 4.90 Å². The predicted molar refractivity (Wildman–Crippen MR) is 115 cm³/mol. The third kappa shape index (κ3) is 4.12. The average Bonchev–Trinajstić information content (AvgIpc) is 2.76. The molecule has 4 rings (SSSR count). The number of hydrogen-bond acceptors (Lipinski definition) is 5.